The van der Waals surface area contributed by atoms with Gasteiger partial charge < -0.3 is 14.4 Å². The Morgan fingerprint density at radius 3 is 1.01 bits per heavy atom. The second kappa shape index (κ2) is 17.6. The zero-order chi connectivity index (χ0) is 55.1. The largest absolute Gasteiger partial charge is 0.457 e. The number of para-hydroxylation sites is 4. The topological polar surface area (TPSA) is 21.7 Å². The van der Waals surface area contributed by atoms with Crippen molar-refractivity contribution in [1.29, 1.82) is 0 Å². The molecule has 2 heterocycles. The molecule has 0 unspecified atom stereocenters. The summed E-state index contributed by atoms with van der Waals surface area (Å²) in [5, 5.41) is 0. The normalized spacial score (nSPS) is 14.7. The minimum Gasteiger partial charge on any atom is -0.457 e. The Kier molecular flexibility index (Phi) is 9.86. The minimum absolute atomic E-state index is 0.603. The van der Waals surface area contributed by atoms with Gasteiger partial charge in [0.1, 0.15) is 23.0 Å². The fourth-order valence-corrected chi connectivity index (χ4v) is 16.1. The summed E-state index contributed by atoms with van der Waals surface area (Å²) in [7, 11) is 0. The first-order chi connectivity index (χ1) is 41.7. The zero-order valence-electron chi connectivity index (χ0n) is 45.7. The van der Waals surface area contributed by atoms with E-state index in [0.29, 0.717) is 0 Å². The average molecular weight is 1070 g/mol. The van der Waals surface area contributed by atoms with Gasteiger partial charge in [-0.1, -0.05) is 261 Å². The van der Waals surface area contributed by atoms with E-state index in [9.17, 15) is 0 Å². The Morgan fingerprint density at radius 1 is 0.226 bits per heavy atom. The molecule has 18 rings (SSSR count). The predicted octanol–water partition coefficient (Wildman–Crippen LogP) is 20.1. The highest BCUT2D eigenvalue weighted by Gasteiger charge is 2.54. The Hall–Kier alpha value is -10.7. The van der Waals surface area contributed by atoms with Crippen LogP contribution in [0.15, 0.2) is 309 Å². The predicted molar refractivity (Wildman–Crippen MR) is 339 cm³/mol. The van der Waals surface area contributed by atoms with Crippen LogP contribution < -0.4 is 14.4 Å². The molecular formula is C81H51NO2. The van der Waals surface area contributed by atoms with Crippen LogP contribution in [0.4, 0.5) is 17.1 Å². The van der Waals surface area contributed by atoms with Crippen molar-refractivity contribution < 1.29 is 9.47 Å². The molecule has 0 bridgehead atoms. The highest BCUT2D eigenvalue weighted by Crippen LogP contribution is 2.67. The molecule has 0 N–H and O–H groups in total. The number of rotatable bonds is 6. The van der Waals surface area contributed by atoms with Gasteiger partial charge in [-0.05, 0) is 126 Å². The van der Waals surface area contributed by atoms with Gasteiger partial charge in [-0.2, -0.15) is 0 Å². The lowest BCUT2D eigenvalue weighted by atomic mass is 9.66. The zero-order valence-corrected chi connectivity index (χ0v) is 45.7. The third kappa shape index (κ3) is 5.99. The van der Waals surface area contributed by atoms with Gasteiger partial charge in [0.05, 0.1) is 27.6 Å². The molecule has 0 radical (unpaired) electrons. The number of fused-ring (bicyclic) bond motifs is 21. The van der Waals surface area contributed by atoms with Crippen molar-refractivity contribution in [1.82, 2.24) is 0 Å². The quantitative estimate of drug-likeness (QED) is 0.166. The van der Waals surface area contributed by atoms with Gasteiger partial charge in [0, 0.05) is 39.1 Å². The van der Waals surface area contributed by atoms with E-state index in [1.807, 2.05) is 0 Å². The van der Waals surface area contributed by atoms with Crippen molar-refractivity contribution in [2.75, 3.05) is 4.90 Å². The molecule has 2 spiro atoms. The molecule has 2 aliphatic heterocycles. The van der Waals surface area contributed by atoms with Crippen molar-refractivity contribution in [3.05, 3.63) is 376 Å². The molecule has 5 aliphatic rings. The summed E-state index contributed by atoms with van der Waals surface area (Å²) in [6.45, 7) is 0. The first kappa shape index (κ1) is 47.0. The number of benzene rings is 13. The highest BCUT2D eigenvalue weighted by atomic mass is 16.5. The van der Waals surface area contributed by atoms with Crippen molar-refractivity contribution in [3.63, 3.8) is 0 Å². The van der Waals surface area contributed by atoms with Gasteiger partial charge in [-0.25, -0.2) is 0 Å². The number of nitrogens with zero attached hydrogens (tertiary/aromatic N) is 1. The van der Waals surface area contributed by atoms with Crippen LogP contribution in [-0.4, -0.2) is 0 Å². The Labute approximate surface area is 488 Å². The van der Waals surface area contributed by atoms with E-state index < -0.39 is 16.2 Å². The van der Waals surface area contributed by atoms with Crippen LogP contribution in [0.1, 0.15) is 66.8 Å². The highest BCUT2D eigenvalue weighted by molar-refractivity contribution is 6.04. The molecule has 392 valence electrons. The van der Waals surface area contributed by atoms with E-state index >= 15 is 0 Å². The number of hydrogen-bond acceptors (Lipinski definition) is 3. The molecule has 13 aromatic carbocycles. The smallest absolute Gasteiger partial charge is 0.132 e. The summed E-state index contributed by atoms with van der Waals surface area (Å²) >= 11 is 0. The molecule has 13 aromatic rings. The van der Waals surface area contributed by atoms with Crippen LogP contribution in [0.3, 0.4) is 0 Å². The van der Waals surface area contributed by atoms with Gasteiger partial charge >= 0.3 is 0 Å². The summed E-state index contributed by atoms with van der Waals surface area (Å²) < 4.78 is 13.6. The second-order valence-electron chi connectivity index (χ2n) is 22.8. The average Bonchev–Trinajstić information content (AvgIpc) is 2.21. The van der Waals surface area contributed by atoms with Gasteiger partial charge in [-0.3, -0.25) is 0 Å². The van der Waals surface area contributed by atoms with E-state index in [1.54, 1.807) is 0 Å². The van der Waals surface area contributed by atoms with E-state index in [1.165, 1.54) is 83.5 Å². The number of ether oxygens (including phenoxy) is 2. The van der Waals surface area contributed by atoms with Crippen LogP contribution in [0.5, 0.6) is 23.0 Å². The summed E-state index contributed by atoms with van der Waals surface area (Å²) in [4.78, 5) is 2.60. The fraction of sp³-hybridized carbons (Fsp3) is 0.0370. The molecule has 3 nitrogen and oxygen atoms in total. The van der Waals surface area contributed by atoms with Crippen LogP contribution >= 0.6 is 0 Å². The van der Waals surface area contributed by atoms with E-state index in [4.69, 9.17) is 9.47 Å². The van der Waals surface area contributed by atoms with E-state index in [-0.39, 0.29) is 0 Å². The van der Waals surface area contributed by atoms with Crippen molar-refractivity contribution in [2.45, 2.75) is 16.2 Å². The van der Waals surface area contributed by atoms with Gasteiger partial charge in [0.2, 0.25) is 0 Å². The van der Waals surface area contributed by atoms with E-state index in [0.717, 1.165) is 67.9 Å². The molecule has 0 aromatic heterocycles. The standard InChI is InChI=1S/C81H51NO2/c1-3-26-53(27-4-1)79(54-28-5-2-6-29-54)60-35-10-8-32-58(60)77-68(79)43-23-45-70(77)82(71-46-24-44-69-78(71)59-33-9-12-37-62(59)81(69)65-40-15-19-49-74(65)84-75-50-20-16-41-66(75)81)55-30-21-25-52(51-55)56-34-22-42-67-76(56)57-31-7-11-36-61(57)80(67)63-38-13-17-47-72(63)83-73-48-18-14-39-64(73)80/h1-51H. The fourth-order valence-electron chi connectivity index (χ4n) is 16.1. The summed E-state index contributed by atoms with van der Waals surface area (Å²) in [5.41, 5.74) is 25.5. The molecule has 84 heavy (non-hydrogen) atoms. The molecule has 0 atom stereocenters. The number of hydrogen-bond donors (Lipinski definition) is 0. The van der Waals surface area contributed by atoms with Gasteiger partial charge in [0.15, 0.2) is 0 Å². The molecule has 0 amide bonds. The summed E-state index contributed by atoms with van der Waals surface area (Å²) in [5.74, 6) is 3.51. The third-order valence-corrected chi connectivity index (χ3v) is 19.1. The minimum atomic E-state index is -0.669. The SMILES string of the molecule is c1ccc(C2(c3ccccc3)c3ccccc3-c3c(N(c4cccc(-c5cccc6c5-c5ccccc5C65c6ccccc6Oc6ccccc65)c4)c4cccc5c4-c4ccccc4C54c5ccccc5Oc5ccccc54)cccc32)cc1. The molecule has 3 heteroatoms. The maximum absolute atomic E-state index is 6.85. The Morgan fingerprint density at radius 2 is 0.548 bits per heavy atom. The third-order valence-electron chi connectivity index (χ3n) is 19.1. The molecule has 0 saturated heterocycles. The Bertz CT molecular complexity index is 4750. The first-order valence-electron chi connectivity index (χ1n) is 29.2. The Balaban J connectivity index is 0.935. The van der Waals surface area contributed by atoms with Crippen LogP contribution in [0.2, 0.25) is 0 Å². The summed E-state index contributed by atoms with van der Waals surface area (Å²) in [6, 6.07) is 115. The van der Waals surface area contributed by atoms with Gasteiger partial charge in [-0.15, -0.1) is 0 Å². The van der Waals surface area contributed by atoms with Crippen LogP contribution in [-0.2, 0) is 16.2 Å². The maximum Gasteiger partial charge on any atom is 0.132 e. The van der Waals surface area contributed by atoms with Crippen molar-refractivity contribution >= 4 is 17.1 Å². The maximum atomic E-state index is 6.85. The molecule has 0 saturated carbocycles. The lowest BCUT2D eigenvalue weighted by Crippen LogP contribution is -2.32. The number of anilines is 3. The molecular weight excluding hydrogens is 1020 g/mol. The second-order valence-corrected chi connectivity index (χ2v) is 22.8. The van der Waals surface area contributed by atoms with Crippen molar-refractivity contribution in [2.24, 2.45) is 0 Å². The molecule has 3 aliphatic carbocycles. The van der Waals surface area contributed by atoms with E-state index in [2.05, 4.69) is 314 Å². The van der Waals surface area contributed by atoms with Crippen LogP contribution in [0.25, 0.3) is 44.5 Å². The monoisotopic (exact) mass is 1070 g/mol. The van der Waals surface area contributed by atoms with Crippen molar-refractivity contribution in [3.8, 4) is 67.5 Å². The molecule has 0 fully saturated rings. The van der Waals surface area contributed by atoms with Crippen LogP contribution in [0, 0.1) is 0 Å². The lowest BCUT2D eigenvalue weighted by Gasteiger charge is -2.39. The summed E-state index contributed by atoms with van der Waals surface area (Å²) in [6.07, 6.45) is 0. The first-order valence-corrected chi connectivity index (χ1v) is 29.2. The lowest BCUT2D eigenvalue weighted by molar-refractivity contribution is 0.436. The van der Waals surface area contributed by atoms with Gasteiger partial charge in [0.25, 0.3) is 0 Å².